The fourth-order valence-corrected chi connectivity index (χ4v) is 4.03. The molecule has 7 nitrogen and oxygen atoms in total. The van der Waals surface area contributed by atoms with Gasteiger partial charge in [-0.2, -0.15) is 0 Å². The van der Waals surface area contributed by atoms with Gasteiger partial charge in [0.15, 0.2) is 0 Å². The third-order valence-electron chi connectivity index (χ3n) is 5.84. The van der Waals surface area contributed by atoms with E-state index in [1.165, 1.54) is 12.1 Å². The second-order valence-corrected chi connectivity index (χ2v) is 9.77. The van der Waals surface area contributed by atoms with Crippen LogP contribution in [0.1, 0.15) is 47.0 Å². The molecule has 0 spiro atoms. The first-order valence-electron chi connectivity index (χ1n) is 11.7. The highest BCUT2D eigenvalue weighted by Gasteiger charge is 2.21. The Kier molecular flexibility index (Phi) is 9.47. The maximum atomic E-state index is 12.7. The highest BCUT2D eigenvalue weighted by molar-refractivity contribution is 6.30. The summed E-state index contributed by atoms with van der Waals surface area (Å²) in [6, 6.07) is 19.7. The fourth-order valence-electron chi connectivity index (χ4n) is 3.90. The van der Waals surface area contributed by atoms with Gasteiger partial charge in [0, 0.05) is 29.2 Å². The molecule has 0 heterocycles. The number of phenols is 1. The van der Waals surface area contributed by atoms with Crippen molar-refractivity contribution in [1.29, 1.82) is 0 Å². The molecule has 2 amide bonds. The summed E-state index contributed by atoms with van der Waals surface area (Å²) in [5.74, 6) is -0.195. The van der Waals surface area contributed by atoms with Gasteiger partial charge in [0.25, 0.3) is 5.91 Å². The van der Waals surface area contributed by atoms with Crippen LogP contribution in [0.5, 0.6) is 5.75 Å². The number of anilines is 1. The minimum Gasteiger partial charge on any atom is -0.506 e. The first-order chi connectivity index (χ1) is 17.2. The van der Waals surface area contributed by atoms with Crippen molar-refractivity contribution in [3.05, 3.63) is 94.0 Å². The molecule has 0 aliphatic carbocycles. The van der Waals surface area contributed by atoms with Crippen molar-refractivity contribution in [1.82, 2.24) is 10.6 Å². The Morgan fingerprint density at radius 2 is 1.81 bits per heavy atom. The zero-order valence-electron chi connectivity index (χ0n) is 20.4. The average molecular weight is 510 g/mol. The summed E-state index contributed by atoms with van der Waals surface area (Å²) in [4.78, 5) is 23.4. The summed E-state index contributed by atoms with van der Waals surface area (Å²) in [5, 5.41) is 29.8. The molecule has 0 aliphatic rings. The van der Waals surface area contributed by atoms with E-state index in [1.807, 2.05) is 56.3 Å². The van der Waals surface area contributed by atoms with Gasteiger partial charge < -0.3 is 26.2 Å². The number of halogens is 1. The highest BCUT2D eigenvalue weighted by atomic mass is 35.5. The lowest BCUT2D eigenvalue weighted by Crippen LogP contribution is -2.43. The summed E-state index contributed by atoms with van der Waals surface area (Å²) in [7, 11) is 0. The van der Waals surface area contributed by atoms with E-state index >= 15 is 0 Å². The molecule has 8 heteroatoms. The zero-order chi connectivity index (χ0) is 26.1. The third kappa shape index (κ3) is 8.09. The second-order valence-electron chi connectivity index (χ2n) is 9.33. The molecule has 36 heavy (non-hydrogen) atoms. The van der Waals surface area contributed by atoms with Crippen LogP contribution in [-0.2, 0) is 17.6 Å². The third-order valence-corrected chi connectivity index (χ3v) is 6.09. The number of amides is 2. The van der Waals surface area contributed by atoms with E-state index < -0.39 is 6.10 Å². The molecule has 3 rings (SSSR count). The summed E-state index contributed by atoms with van der Waals surface area (Å²) in [6.45, 7) is 4.84. The number of aromatic hydroxyl groups is 1. The molecule has 5 N–H and O–H groups in total. The first-order valence-corrected chi connectivity index (χ1v) is 12.1. The fraction of sp³-hybridized carbons (Fsp3) is 0.286. The lowest BCUT2D eigenvalue weighted by Gasteiger charge is -2.28. The Bertz CT molecular complexity index is 1180. The van der Waals surface area contributed by atoms with Crippen molar-refractivity contribution in [3.63, 3.8) is 0 Å². The van der Waals surface area contributed by atoms with E-state index in [1.54, 1.807) is 12.1 Å². The van der Waals surface area contributed by atoms with Gasteiger partial charge in [0.1, 0.15) is 5.75 Å². The van der Waals surface area contributed by atoms with Crippen LogP contribution < -0.4 is 16.0 Å². The van der Waals surface area contributed by atoms with Gasteiger partial charge >= 0.3 is 0 Å². The zero-order valence-corrected chi connectivity index (χ0v) is 21.2. The number of hydrogen-bond donors (Lipinski definition) is 5. The SMILES string of the molecule is CC(C)(Cc1cccc(C(=O)NCCc2ccc(Cl)cc2)c1)NC[C@H](O)c1ccc(O)c(NC=O)c1. The van der Waals surface area contributed by atoms with Crippen molar-refractivity contribution >= 4 is 29.6 Å². The largest absolute Gasteiger partial charge is 0.506 e. The number of β-amino-alcohol motifs (C(OH)–C–C–N with tert-alkyl or cyclic N) is 1. The number of nitrogens with one attached hydrogen (secondary N) is 3. The Morgan fingerprint density at radius 1 is 1.06 bits per heavy atom. The number of aliphatic hydroxyl groups excluding tert-OH is 1. The minimum atomic E-state index is -0.838. The van der Waals surface area contributed by atoms with Crippen LogP contribution in [0.4, 0.5) is 5.69 Å². The molecule has 190 valence electrons. The number of phenolic OH excluding ortho intramolecular Hbond substituents is 1. The number of carbonyl (C=O) groups excluding carboxylic acids is 2. The molecule has 0 fully saturated rings. The van der Waals surface area contributed by atoms with Gasteiger partial charge in [0.2, 0.25) is 6.41 Å². The number of rotatable bonds is 12. The quantitative estimate of drug-likeness (QED) is 0.185. The summed E-state index contributed by atoms with van der Waals surface area (Å²) < 4.78 is 0. The Balaban J connectivity index is 1.53. The smallest absolute Gasteiger partial charge is 0.251 e. The van der Waals surface area contributed by atoms with Gasteiger partial charge in [-0.3, -0.25) is 9.59 Å². The number of hydrogen-bond acceptors (Lipinski definition) is 5. The molecular formula is C28H32ClN3O4. The van der Waals surface area contributed by atoms with Gasteiger partial charge in [-0.1, -0.05) is 41.9 Å². The van der Waals surface area contributed by atoms with Gasteiger partial charge in [0.05, 0.1) is 11.8 Å². The Morgan fingerprint density at radius 3 is 2.53 bits per heavy atom. The van der Waals surface area contributed by atoms with E-state index in [2.05, 4.69) is 16.0 Å². The van der Waals surface area contributed by atoms with Gasteiger partial charge in [-0.15, -0.1) is 0 Å². The highest BCUT2D eigenvalue weighted by Crippen LogP contribution is 2.27. The molecule has 3 aromatic rings. The molecule has 0 aliphatic heterocycles. The van der Waals surface area contributed by atoms with E-state index in [-0.39, 0.29) is 29.4 Å². The van der Waals surface area contributed by atoms with Crippen molar-refractivity contribution in [2.24, 2.45) is 0 Å². The van der Waals surface area contributed by atoms with Crippen molar-refractivity contribution in [2.45, 2.75) is 38.3 Å². The predicted molar refractivity (Wildman–Crippen MR) is 142 cm³/mol. The minimum absolute atomic E-state index is 0.0692. The van der Waals surface area contributed by atoms with Crippen LogP contribution in [0.2, 0.25) is 5.02 Å². The number of carbonyl (C=O) groups is 2. The summed E-state index contributed by atoms with van der Waals surface area (Å²) in [5.41, 5.74) is 3.13. The molecule has 0 unspecified atom stereocenters. The summed E-state index contributed by atoms with van der Waals surface area (Å²) in [6.07, 6.45) is 0.991. The topological polar surface area (TPSA) is 111 Å². The molecule has 0 saturated heterocycles. The molecule has 0 radical (unpaired) electrons. The van der Waals surface area contributed by atoms with Gasteiger partial charge in [-0.05, 0) is 79.8 Å². The van der Waals surface area contributed by atoms with Crippen molar-refractivity contribution in [3.8, 4) is 5.75 Å². The maximum absolute atomic E-state index is 12.7. The lowest BCUT2D eigenvalue weighted by atomic mass is 9.93. The van der Waals surface area contributed by atoms with Crippen LogP contribution in [0, 0.1) is 0 Å². The monoisotopic (exact) mass is 509 g/mol. The van der Waals surface area contributed by atoms with Crippen LogP contribution in [0.3, 0.4) is 0 Å². The molecule has 0 bridgehead atoms. The van der Waals surface area contributed by atoms with Crippen LogP contribution >= 0.6 is 11.6 Å². The van der Waals surface area contributed by atoms with Crippen LogP contribution in [0.15, 0.2) is 66.7 Å². The van der Waals surface area contributed by atoms with E-state index in [0.717, 1.165) is 17.5 Å². The van der Waals surface area contributed by atoms with Crippen molar-refractivity contribution < 1.29 is 19.8 Å². The Labute approximate surface area is 216 Å². The second kappa shape index (κ2) is 12.5. The first kappa shape index (κ1) is 27.2. The Hall–Kier alpha value is -3.39. The van der Waals surface area contributed by atoms with Crippen molar-refractivity contribution in [2.75, 3.05) is 18.4 Å². The van der Waals surface area contributed by atoms with E-state index in [4.69, 9.17) is 11.6 Å². The van der Waals surface area contributed by atoms with E-state index in [9.17, 15) is 19.8 Å². The van der Waals surface area contributed by atoms with Crippen LogP contribution in [0.25, 0.3) is 0 Å². The predicted octanol–water partition coefficient (Wildman–Crippen LogP) is 4.23. The molecule has 0 saturated carbocycles. The maximum Gasteiger partial charge on any atom is 0.251 e. The average Bonchev–Trinajstić information content (AvgIpc) is 2.85. The molecule has 0 aromatic heterocycles. The molecule has 3 aromatic carbocycles. The summed E-state index contributed by atoms with van der Waals surface area (Å²) >= 11 is 5.91. The lowest BCUT2D eigenvalue weighted by molar-refractivity contribution is -0.105. The normalized spacial score (nSPS) is 12.1. The molecular weight excluding hydrogens is 478 g/mol. The van der Waals surface area contributed by atoms with Crippen LogP contribution in [-0.4, -0.2) is 41.2 Å². The van der Waals surface area contributed by atoms with E-state index in [0.29, 0.717) is 35.5 Å². The molecule has 1 atom stereocenters. The standard InChI is InChI=1S/C28H32ClN3O4/c1-28(2,32-17-26(35)21-8-11-25(34)24(15-21)31-18-33)16-20-4-3-5-22(14-20)27(36)30-13-12-19-6-9-23(29)10-7-19/h3-11,14-15,18,26,32,34-35H,12-13,16-17H2,1-2H3,(H,30,36)(H,31,33)/t26-/m0/s1. The van der Waals surface area contributed by atoms with Gasteiger partial charge in [-0.25, -0.2) is 0 Å². The number of benzene rings is 3. The number of aliphatic hydroxyl groups is 1.